The van der Waals surface area contributed by atoms with Crippen molar-refractivity contribution in [3.8, 4) is 0 Å². The number of carboxylic acid groups (broad SMARTS) is 1. The fourth-order valence-electron chi connectivity index (χ4n) is 1.43. The molecule has 0 radical (unpaired) electrons. The van der Waals surface area contributed by atoms with Gasteiger partial charge < -0.3 is 14.2 Å². The van der Waals surface area contributed by atoms with Crippen LogP contribution in [0.1, 0.15) is 11.8 Å². The van der Waals surface area contributed by atoms with Gasteiger partial charge in [0.15, 0.2) is 6.10 Å². The normalized spacial score (nSPS) is 12.9. The average Bonchev–Trinajstić information content (AvgIpc) is 2.61. The molecule has 1 atom stereocenters. The molecular formula is C10H10N2O3. The predicted octanol–water partition coefficient (Wildman–Crippen LogP) is 1.11. The molecule has 1 N–H and O–H groups in total. The van der Waals surface area contributed by atoms with Crippen molar-refractivity contribution >= 4 is 11.6 Å². The van der Waals surface area contributed by atoms with Gasteiger partial charge in [0.25, 0.3) is 0 Å². The van der Waals surface area contributed by atoms with Gasteiger partial charge in [-0.1, -0.05) is 6.07 Å². The summed E-state index contributed by atoms with van der Waals surface area (Å²) in [5.41, 5.74) is 1.10. The summed E-state index contributed by atoms with van der Waals surface area (Å²) in [5.74, 6) is -1.04. The highest BCUT2D eigenvalue weighted by Crippen LogP contribution is 2.16. The molecule has 2 aromatic rings. The van der Waals surface area contributed by atoms with E-state index in [2.05, 4.69) is 4.98 Å². The molecule has 5 heteroatoms. The summed E-state index contributed by atoms with van der Waals surface area (Å²) in [7, 11) is 1.35. The van der Waals surface area contributed by atoms with Crippen molar-refractivity contribution < 1.29 is 14.6 Å². The van der Waals surface area contributed by atoms with E-state index in [0.717, 1.165) is 0 Å². The lowest BCUT2D eigenvalue weighted by molar-refractivity contribution is -0.149. The second-order valence-electron chi connectivity index (χ2n) is 3.09. The van der Waals surface area contributed by atoms with Gasteiger partial charge in [-0.15, -0.1) is 0 Å². The number of ether oxygens (including phenoxy) is 1. The van der Waals surface area contributed by atoms with Crippen LogP contribution in [-0.4, -0.2) is 27.6 Å². The molecule has 15 heavy (non-hydrogen) atoms. The number of hydrogen-bond donors (Lipinski definition) is 1. The summed E-state index contributed by atoms with van der Waals surface area (Å²) >= 11 is 0. The number of aliphatic carboxylic acids is 1. The van der Waals surface area contributed by atoms with E-state index in [1.54, 1.807) is 22.9 Å². The van der Waals surface area contributed by atoms with Crippen LogP contribution in [0.15, 0.2) is 30.6 Å². The molecule has 2 heterocycles. The highest BCUT2D eigenvalue weighted by atomic mass is 16.5. The van der Waals surface area contributed by atoms with Gasteiger partial charge in [0.05, 0.1) is 5.69 Å². The van der Waals surface area contributed by atoms with E-state index in [1.165, 1.54) is 7.11 Å². The Labute approximate surface area is 85.9 Å². The molecule has 2 aromatic heterocycles. The van der Waals surface area contributed by atoms with Crippen LogP contribution in [-0.2, 0) is 9.53 Å². The molecule has 5 nitrogen and oxygen atoms in total. The Hall–Kier alpha value is -1.88. The maximum absolute atomic E-state index is 10.8. The number of fused-ring (bicyclic) bond motifs is 1. The van der Waals surface area contributed by atoms with Crippen LogP contribution >= 0.6 is 0 Å². The Bertz CT molecular complexity index is 459. The Morgan fingerprint density at radius 1 is 1.60 bits per heavy atom. The zero-order chi connectivity index (χ0) is 10.8. The Kier molecular flexibility index (Phi) is 2.39. The number of nitrogens with zero attached hydrogens (tertiary/aromatic N) is 2. The number of carboxylic acids is 1. The number of aromatic nitrogens is 2. The lowest BCUT2D eigenvalue weighted by Gasteiger charge is -2.05. The Morgan fingerprint density at radius 3 is 3.00 bits per heavy atom. The van der Waals surface area contributed by atoms with Crippen molar-refractivity contribution in [2.24, 2.45) is 0 Å². The summed E-state index contributed by atoms with van der Waals surface area (Å²) in [4.78, 5) is 15.0. The minimum absolute atomic E-state index is 0.399. The van der Waals surface area contributed by atoms with Gasteiger partial charge in [0, 0.05) is 19.5 Å². The first-order valence-corrected chi connectivity index (χ1v) is 4.41. The second-order valence-corrected chi connectivity index (χ2v) is 3.09. The SMILES string of the molecule is COC(C(=O)O)c1cn2ccccc2n1. The molecule has 0 aliphatic heterocycles. The largest absolute Gasteiger partial charge is 0.479 e. The van der Waals surface area contributed by atoms with Crippen molar-refractivity contribution in [3.63, 3.8) is 0 Å². The molecule has 0 bridgehead atoms. The number of imidazole rings is 1. The Balaban J connectivity index is 2.47. The minimum atomic E-state index is -1.04. The van der Waals surface area contributed by atoms with Crippen LogP contribution < -0.4 is 0 Å². The van der Waals surface area contributed by atoms with Gasteiger partial charge in [-0.05, 0) is 12.1 Å². The first kappa shape index (κ1) is 9.67. The lowest BCUT2D eigenvalue weighted by Crippen LogP contribution is -2.13. The monoisotopic (exact) mass is 206 g/mol. The van der Waals surface area contributed by atoms with E-state index in [4.69, 9.17) is 9.84 Å². The zero-order valence-corrected chi connectivity index (χ0v) is 8.12. The highest BCUT2D eigenvalue weighted by molar-refractivity contribution is 5.74. The molecule has 0 saturated carbocycles. The third-order valence-corrected chi connectivity index (χ3v) is 2.11. The van der Waals surface area contributed by atoms with Crippen molar-refractivity contribution in [1.82, 2.24) is 9.38 Å². The molecule has 0 spiro atoms. The molecule has 0 aliphatic carbocycles. The summed E-state index contributed by atoms with van der Waals surface area (Å²) in [6, 6.07) is 5.49. The standard InChI is InChI=1S/C10H10N2O3/c1-15-9(10(13)14)7-6-12-5-3-2-4-8(12)11-7/h2-6,9H,1H3,(H,13,14). The topological polar surface area (TPSA) is 63.8 Å². The molecule has 0 aliphatic rings. The van der Waals surface area contributed by atoms with Crippen molar-refractivity contribution in [2.45, 2.75) is 6.10 Å². The van der Waals surface area contributed by atoms with Crippen molar-refractivity contribution in [3.05, 3.63) is 36.3 Å². The second kappa shape index (κ2) is 3.70. The lowest BCUT2D eigenvalue weighted by atomic mass is 10.3. The van der Waals surface area contributed by atoms with Crippen LogP contribution in [0.4, 0.5) is 0 Å². The van der Waals surface area contributed by atoms with Gasteiger partial charge in [-0.3, -0.25) is 0 Å². The quantitative estimate of drug-likeness (QED) is 0.816. The van der Waals surface area contributed by atoms with E-state index in [9.17, 15) is 4.79 Å². The maximum Gasteiger partial charge on any atom is 0.339 e. The number of carbonyl (C=O) groups is 1. The van der Waals surface area contributed by atoms with E-state index >= 15 is 0 Å². The molecule has 0 aromatic carbocycles. The van der Waals surface area contributed by atoms with Gasteiger partial charge in [-0.2, -0.15) is 0 Å². The van der Waals surface area contributed by atoms with Crippen LogP contribution in [0, 0.1) is 0 Å². The Morgan fingerprint density at radius 2 is 2.40 bits per heavy atom. The van der Waals surface area contributed by atoms with E-state index in [0.29, 0.717) is 11.3 Å². The van der Waals surface area contributed by atoms with Gasteiger partial charge in [-0.25, -0.2) is 9.78 Å². The average molecular weight is 206 g/mol. The zero-order valence-electron chi connectivity index (χ0n) is 8.12. The molecule has 0 saturated heterocycles. The van der Waals surface area contributed by atoms with E-state index < -0.39 is 12.1 Å². The smallest absolute Gasteiger partial charge is 0.339 e. The number of hydrogen-bond acceptors (Lipinski definition) is 3. The number of rotatable bonds is 3. The van der Waals surface area contributed by atoms with Crippen molar-refractivity contribution in [2.75, 3.05) is 7.11 Å². The summed E-state index contributed by atoms with van der Waals surface area (Å²) in [5, 5.41) is 8.88. The number of methoxy groups -OCH3 is 1. The van der Waals surface area contributed by atoms with Crippen LogP contribution in [0.2, 0.25) is 0 Å². The van der Waals surface area contributed by atoms with E-state index in [1.807, 2.05) is 12.1 Å². The minimum Gasteiger partial charge on any atom is -0.479 e. The summed E-state index contributed by atoms with van der Waals surface area (Å²) in [6.45, 7) is 0. The molecule has 0 fully saturated rings. The summed E-state index contributed by atoms with van der Waals surface area (Å²) in [6.07, 6.45) is 2.45. The highest BCUT2D eigenvalue weighted by Gasteiger charge is 2.21. The van der Waals surface area contributed by atoms with Crippen molar-refractivity contribution in [1.29, 1.82) is 0 Å². The third-order valence-electron chi connectivity index (χ3n) is 2.11. The summed E-state index contributed by atoms with van der Waals surface area (Å²) < 4.78 is 6.61. The first-order valence-electron chi connectivity index (χ1n) is 4.41. The third kappa shape index (κ3) is 1.69. The fourth-order valence-corrected chi connectivity index (χ4v) is 1.43. The molecule has 2 rings (SSSR count). The first-order chi connectivity index (χ1) is 7.22. The predicted molar refractivity (Wildman–Crippen MR) is 52.6 cm³/mol. The van der Waals surface area contributed by atoms with Gasteiger partial charge in [0.2, 0.25) is 0 Å². The van der Waals surface area contributed by atoms with Crippen LogP contribution in [0.25, 0.3) is 5.65 Å². The molecule has 0 amide bonds. The maximum atomic E-state index is 10.8. The van der Waals surface area contributed by atoms with Crippen LogP contribution in [0.3, 0.4) is 0 Å². The number of pyridine rings is 1. The van der Waals surface area contributed by atoms with E-state index in [-0.39, 0.29) is 0 Å². The van der Waals surface area contributed by atoms with Crippen LogP contribution in [0.5, 0.6) is 0 Å². The fraction of sp³-hybridized carbons (Fsp3) is 0.200. The molecule has 1 unspecified atom stereocenters. The van der Waals surface area contributed by atoms with Gasteiger partial charge >= 0.3 is 5.97 Å². The molecule has 78 valence electrons. The molecular weight excluding hydrogens is 196 g/mol. The van der Waals surface area contributed by atoms with Gasteiger partial charge in [0.1, 0.15) is 5.65 Å².